The van der Waals surface area contributed by atoms with E-state index in [-0.39, 0.29) is 35.1 Å². The summed E-state index contributed by atoms with van der Waals surface area (Å²) in [4.78, 5) is 55.9. The lowest BCUT2D eigenvalue weighted by Crippen LogP contribution is -2.49. The summed E-state index contributed by atoms with van der Waals surface area (Å²) in [5.41, 5.74) is 26.5. The topological polar surface area (TPSA) is 221 Å². The molecule has 0 aromatic heterocycles. The van der Waals surface area contributed by atoms with Crippen molar-refractivity contribution in [2.24, 2.45) is 17.6 Å². The van der Waals surface area contributed by atoms with E-state index in [0.717, 1.165) is 22.3 Å². The standard InChI is InChI=1S/C24H25N3O3.C17H11NO2.C7H16N2O2/c1-4-30-27-24(29)22(17(2)3)26-23(28)20-13-9-18(10-14-20)7-5-6-8-19-11-15-21(25)16-12-19;18-16-11-7-14(8-12-16)4-2-1-3-13-5-9-15(10-6-13)17(19)20;1-4-11-9-7(10)6(8)5(2)3/h9-17,22H,4,25H2,1-3H3,(H,26,28)(H,27,29);5-12H,18H2,(H,19,20);5-6H,4,8H2,1-3H3,(H,9,10). The number of nitrogen functional groups attached to an aromatic ring is 2. The number of carbonyl (C=O) groups is 4. The quantitative estimate of drug-likeness (QED) is 0.0616. The van der Waals surface area contributed by atoms with Crippen molar-refractivity contribution in [3.05, 3.63) is 130 Å². The molecule has 4 aromatic carbocycles. The molecule has 0 aliphatic rings. The molecule has 4 aromatic rings. The smallest absolute Gasteiger partial charge is 0.335 e. The van der Waals surface area contributed by atoms with Gasteiger partial charge in [-0.1, -0.05) is 51.4 Å². The van der Waals surface area contributed by atoms with E-state index >= 15 is 0 Å². The molecule has 0 aliphatic heterocycles. The Morgan fingerprint density at radius 2 is 0.902 bits per heavy atom. The van der Waals surface area contributed by atoms with Crippen molar-refractivity contribution in [3.63, 3.8) is 0 Å². The lowest BCUT2D eigenvalue weighted by atomic mass is 10.0. The van der Waals surface area contributed by atoms with E-state index < -0.39 is 18.1 Å². The first kappa shape index (κ1) is 49.6. The molecule has 13 heteroatoms. The van der Waals surface area contributed by atoms with Crippen molar-refractivity contribution < 1.29 is 34.0 Å². The minimum atomic E-state index is -0.951. The van der Waals surface area contributed by atoms with Crippen LogP contribution >= 0.6 is 0 Å². The van der Waals surface area contributed by atoms with Gasteiger partial charge in [-0.05, 0) is 146 Å². The average molecular weight is 825 g/mol. The van der Waals surface area contributed by atoms with Crippen LogP contribution in [0, 0.1) is 59.2 Å². The summed E-state index contributed by atoms with van der Waals surface area (Å²) in [5.74, 6) is 20.7. The van der Waals surface area contributed by atoms with Crippen molar-refractivity contribution in [1.82, 2.24) is 16.3 Å². The zero-order valence-electron chi connectivity index (χ0n) is 35.1. The fourth-order valence-corrected chi connectivity index (χ4v) is 4.43. The third-order valence-corrected chi connectivity index (χ3v) is 7.94. The first-order valence-corrected chi connectivity index (χ1v) is 19.2. The second-order valence-corrected chi connectivity index (χ2v) is 13.5. The molecule has 3 amide bonds. The molecular weight excluding hydrogens is 773 g/mol. The Bertz CT molecular complexity index is 2300. The zero-order chi connectivity index (χ0) is 45.2. The van der Waals surface area contributed by atoms with Gasteiger partial charge in [0.05, 0.1) is 24.8 Å². The van der Waals surface area contributed by atoms with Gasteiger partial charge < -0.3 is 27.6 Å². The number of carboxylic acid groups (broad SMARTS) is 1. The third-order valence-electron chi connectivity index (χ3n) is 7.94. The van der Waals surface area contributed by atoms with Crippen molar-refractivity contribution in [3.8, 4) is 47.4 Å². The molecule has 0 radical (unpaired) electrons. The number of amides is 3. The molecule has 316 valence electrons. The summed E-state index contributed by atoms with van der Waals surface area (Å²) in [7, 11) is 0. The molecule has 0 bridgehead atoms. The number of hydrogen-bond acceptors (Lipinski definition) is 9. The normalized spacial score (nSPS) is 10.6. The Balaban J connectivity index is 0.000000354. The summed E-state index contributed by atoms with van der Waals surface area (Å²) in [5, 5.41) is 11.5. The molecule has 0 heterocycles. The minimum Gasteiger partial charge on any atom is -0.478 e. The largest absolute Gasteiger partial charge is 0.478 e. The molecule has 13 nitrogen and oxygen atoms in total. The van der Waals surface area contributed by atoms with Crippen LogP contribution in [0.2, 0.25) is 0 Å². The molecule has 0 saturated carbocycles. The maximum atomic E-state index is 12.5. The number of nitrogens with one attached hydrogen (secondary N) is 3. The number of carbonyl (C=O) groups excluding carboxylic acids is 3. The third kappa shape index (κ3) is 19.7. The Kier molecular flexibility index (Phi) is 22.1. The van der Waals surface area contributed by atoms with Gasteiger partial charge in [-0.15, -0.1) is 0 Å². The number of carboxylic acids is 1. The Hall–Kier alpha value is -7.52. The molecular formula is C48H52N6O7. The molecule has 61 heavy (non-hydrogen) atoms. The van der Waals surface area contributed by atoms with Gasteiger partial charge in [-0.25, -0.2) is 15.8 Å². The number of hydrogen-bond donors (Lipinski definition) is 7. The molecule has 10 N–H and O–H groups in total. The SMILES string of the molecule is CCONC(=O)C(N)C(C)C.CCONC(=O)C(NC(=O)c1ccc(C#CC#Cc2ccc(N)cc2)cc1)C(C)C.Nc1ccc(C#CC#Cc2ccc(C(=O)O)cc2)cc1. The van der Waals surface area contributed by atoms with E-state index in [0.29, 0.717) is 30.2 Å². The van der Waals surface area contributed by atoms with Crippen LogP contribution in [0.25, 0.3) is 0 Å². The fourth-order valence-electron chi connectivity index (χ4n) is 4.43. The predicted octanol–water partition coefficient (Wildman–Crippen LogP) is 4.90. The molecule has 0 spiro atoms. The number of nitrogens with two attached hydrogens (primary N) is 3. The summed E-state index contributed by atoms with van der Waals surface area (Å²) < 4.78 is 0. The second-order valence-electron chi connectivity index (χ2n) is 13.5. The lowest BCUT2D eigenvalue weighted by molar-refractivity contribution is -0.136. The minimum absolute atomic E-state index is 0.0980. The Labute approximate surface area is 358 Å². The molecule has 2 atom stereocenters. The highest BCUT2D eigenvalue weighted by Gasteiger charge is 2.25. The second kappa shape index (κ2) is 27.2. The first-order chi connectivity index (χ1) is 29.1. The van der Waals surface area contributed by atoms with Crippen molar-refractivity contribution in [2.75, 3.05) is 24.7 Å². The molecule has 0 aliphatic carbocycles. The summed E-state index contributed by atoms with van der Waals surface area (Å²) in [6, 6.07) is 26.4. The zero-order valence-corrected chi connectivity index (χ0v) is 35.1. The van der Waals surface area contributed by atoms with Gasteiger partial charge in [-0.3, -0.25) is 24.1 Å². The van der Waals surface area contributed by atoms with Crippen LogP contribution in [0.4, 0.5) is 11.4 Å². The van der Waals surface area contributed by atoms with Gasteiger partial charge in [0.1, 0.15) is 6.04 Å². The van der Waals surface area contributed by atoms with E-state index in [9.17, 15) is 19.2 Å². The Morgan fingerprint density at radius 3 is 1.23 bits per heavy atom. The van der Waals surface area contributed by atoms with Gasteiger partial charge >= 0.3 is 5.97 Å². The van der Waals surface area contributed by atoms with E-state index in [1.54, 1.807) is 74.5 Å². The monoisotopic (exact) mass is 824 g/mol. The van der Waals surface area contributed by atoms with Gasteiger partial charge in [0.15, 0.2) is 0 Å². The predicted molar refractivity (Wildman–Crippen MR) is 238 cm³/mol. The van der Waals surface area contributed by atoms with E-state index in [4.69, 9.17) is 27.1 Å². The first-order valence-electron chi connectivity index (χ1n) is 19.2. The van der Waals surface area contributed by atoms with E-state index in [2.05, 4.69) is 68.5 Å². The van der Waals surface area contributed by atoms with Crippen molar-refractivity contribution >= 4 is 35.1 Å². The van der Waals surface area contributed by atoms with Crippen LogP contribution in [0.1, 0.15) is 84.5 Å². The fraction of sp³-hybridized carbons (Fsp3) is 0.250. The summed E-state index contributed by atoms with van der Waals surface area (Å²) in [6.07, 6.45) is 0. The molecule has 2 unspecified atom stereocenters. The van der Waals surface area contributed by atoms with Crippen LogP contribution in [-0.4, -0.2) is 54.1 Å². The van der Waals surface area contributed by atoms with Gasteiger partial charge in [0.2, 0.25) is 0 Å². The highest BCUT2D eigenvalue weighted by atomic mass is 16.7. The average Bonchev–Trinajstić information content (AvgIpc) is 3.25. The van der Waals surface area contributed by atoms with Crippen molar-refractivity contribution in [2.45, 2.75) is 53.6 Å². The molecule has 4 rings (SSSR count). The molecule has 0 saturated heterocycles. The van der Waals surface area contributed by atoms with Crippen LogP contribution < -0.4 is 33.5 Å². The van der Waals surface area contributed by atoms with Gasteiger partial charge in [0.25, 0.3) is 17.7 Å². The Morgan fingerprint density at radius 1 is 0.557 bits per heavy atom. The number of hydroxylamine groups is 2. The highest BCUT2D eigenvalue weighted by Crippen LogP contribution is 2.08. The van der Waals surface area contributed by atoms with E-state index in [1.807, 2.05) is 52.0 Å². The maximum Gasteiger partial charge on any atom is 0.335 e. The van der Waals surface area contributed by atoms with Gasteiger partial charge in [0, 0.05) is 39.2 Å². The van der Waals surface area contributed by atoms with Crippen LogP contribution in [-0.2, 0) is 19.3 Å². The maximum absolute atomic E-state index is 12.5. The number of anilines is 2. The number of aromatic carboxylic acids is 1. The van der Waals surface area contributed by atoms with Crippen LogP contribution in [0.5, 0.6) is 0 Å². The summed E-state index contributed by atoms with van der Waals surface area (Å²) >= 11 is 0. The van der Waals surface area contributed by atoms with E-state index in [1.165, 1.54) is 12.1 Å². The number of benzene rings is 4. The van der Waals surface area contributed by atoms with Gasteiger partial charge in [-0.2, -0.15) is 0 Å². The van der Waals surface area contributed by atoms with Crippen LogP contribution in [0.3, 0.4) is 0 Å². The summed E-state index contributed by atoms with van der Waals surface area (Å²) in [6.45, 7) is 11.8. The lowest BCUT2D eigenvalue weighted by Gasteiger charge is -2.21. The number of rotatable bonds is 11. The molecule has 0 fully saturated rings. The van der Waals surface area contributed by atoms with Crippen molar-refractivity contribution in [1.29, 1.82) is 0 Å². The van der Waals surface area contributed by atoms with Crippen LogP contribution in [0.15, 0.2) is 97.1 Å². The highest BCUT2D eigenvalue weighted by molar-refractivity contribution is 5.97.